The monoisotopic (exact) mass is 427 g/mol. The maximum Gasteiger partial charge on any atom is 0.275 e. The summed E-state index contributed by atoms with van der Waals surface area (Å²) < 4.78 is 12.7. The van der Waals surface area contributed by atoms with E-state index >= 15 is 0 Å². The van der Waals surface area contributed by atoms with Crippen LogP contribution >= 0.6 is 11.3 Å². The van der Waals surface area contributed by atoms with Gasteiger partial charge in [-0.25, -0.2) is 4.98 Å². The predicted molar refractivity (Wildman–Crippen MR) is 111 cm³/mol. The van der Waals surface area contributed by atoms with Crippen molar-refractivity contribution in [3.8, 4) is 5.75 Å². The lowest BCUT2D eigenvalue weighted by atomic mass is 10.1. The van der Waals surface area contributed by atoms with Crippen molar-refractivity contribution in [2.75, 3.05) is 37.7 Å². The molecule has 1 unspecified atom stereocenters. The summed E-state index contributed by atoms with van der Waals surface area (Å²) in [5, 5.41) is 5.20. The topological polar surface area (TPSA) is 89.3 Å². The van der Waals surface area contributed by atoms with Gasteiger partial charge in [-0.1, -0.05) is 23.5 Å². The summed E-state index contributed by atoms with van der Waals surface area (Å²) >= 11 is 1.38. The van der Waals surface area contributed by atoms with Crippen molar-refractivity contribution in [1.82, 2.24) is 19.5 Å². The van der Waals surface area contributed by atoms with E-state index in [1.807, 2.05) is 24.3 Å². The number of aryl methyl sites for hydroxylation is 1. The highest BCUT2D eigenvalue weighted by molar-refractivity contribution is 7.16. The largest absolute Gasteiger partial charge is 0.477 e. The number of carbonyl (C=O) groups is 1. The highest BCUT2D eigenvalue weighted by Crippen LogP contribution is 2.35. The lowest BCUT2D eigenvalue weighted by Crippen LogP contribution is -2.52. The van der Waals surface area contributed by atoms with E-state index in [2.05, 4.69) is 15.0 Å². The van der Waals surface area contributed by atoms with Gasteiger partial charge in [-0.3, -0.25) is 9.59 Å². The fraction of sp³-hybridized carbons (Fsp3) is 0.400. The highest BCUT2D eigenvalue weighted by atomic mass is 32.1. The molecule has 0 radical (unpaired) electrons. The fourth-order valence-electron chi connectivity index (χ4n) is 3.76. The van der Waals surface area contributed by atoms with E-state index in [1.54, 1.807) is 11.8 Å². The van der Waals surface area contributed by atoms with Crippen LogP contribution in [0.1, 0.15) is 10.7 Å². The zero-order valence-electron chi connectivity index (χ0n) is 16.5. The molecule has 10 heteroatoms. The van der Waals surface area contributed by atoms with Crippen LogP contribution in [0, 0.1) is 6.92 Å². The third-order valence-corrected chi connectivity index (χ3v) is 6.09. The van der Waals surface area contributed by atoms with Crippen molar-refractivity contribution in [3.05, 3.63) is 51.4 Å². The Morgan fingerprint density at radius 1 is 1.27 bits per heavy atom. The van der Waals surface area contributed by atoms with E-state index < -0.39 is 6.10 Å². The van der Waals surface area contributed by atoms with Gasteiger partial charge in [0.05, 0.1) is 32.0 Å². The maximum absolute atomic E-state index is 13.0. The molecule has 0 saturated carbocycles. The maximum atomic E-state index is 13.0. The molecular formula is C20H21N5O4S. The van der Waals surface area contributed by atoms with Crippen molar-refractivity contribution in [2.45, 2.75) is 19.6 Å². The lowest BCUT2D eigenvalue weighted by Gasteiger charge is -2.37. The number of morpholine rings is 1. The van der Waals surface area contributed by atoms with Gasteiger partial charge in [0, 0.05) is 24.8 Å². The van der Waals surface area contributed by atoms with Gasteiger partial charge < -0.3 is 19.3 Å². The summed E-state index contributed by atoms with van der Waals surface area (Å²) in [6.45, 7) is 4.90. The average molecular weight is 427 g/mol. The summed E-state index contributed by atoms with van der Waals surface area (Å²) in [4.78, 5) is 34.1. The number of hydrogen-bond acceptors (Lipinski definition) is 8. The van der Waals surface area contributed by atoms with Crippen LogP contribution in [-0.4, -0.2) is 64.4 Å². The zero-order chi connectivity index (χ0) is 20.7. The van der Waals surface area contributed by atoms with Crippen LogP contribution in [0.15, 0.2) is 35.1 Å². The van der Waals surface area contributed by atoms with Crippen LogP contribution in [0.4, 0.5) is 5.69 Å². The fourth-order valence-corrected chi connectivity index (χ4v) is 4.72. The number of benzene rings is 1. The third-order valence-electron chi connectivity index (χ3n) is 5.20. The molecule has 1 fully saturated rings. The molecule has 1 saturated heterocycles. The first-order valence-corrected chi connectivity index (χ1v) is 10.6. The van der Waals surface area contributed by atoms with Gasteiger partial charge in [0.2, 0.25) is 4.96 Å². The number of nitrogens with zero attached hydrogens (tertiary/aromatic N) is 5. The highest BCUT2D eigenvalue weighted by Gasteiger charge is 2.34. The summed E-state index contributed by atoms with van der Waals surface area (Å²) in [5.74, 6) is 0.637. The molecule has 2 aliphatic rings. The van der Waals surface area contributed by atoms with Crippen molar-refractivity contribution >= 4 is 27.9 Å². The van der Waals surface area contributed by atoms with E-state index in [0.29, 0.717) is 55.8 Å². The summed E-state index contributed by atoms with van der Waals surface area (Å²) in [5.41, 5.74) is 1.38. The molecule has 4 heterocycles. The van der Waals surface area contributed by atoms with E-state index in [0.717, 1.165) is 10.7 Å². The Kier molecular flexibility index (Phi) is 4.87. The van der Waals surface area contributed by atoms with Crippen LogP contribution in [0.3, 0.4) is 0 Å². The van der Waals surface area contributed by atoms with Gasteiger partial charge >= 0.3 is 0 Å². The second-order valence-electron chi connectivity index (χ2n) is 7.32. The third kappa shape index (κ3) is 3.52. The molecule has 0 bridgehead atoms. The molecule has 0 aliphatic carbocycles. The van der Waals surface area contributed by atoms with Gasteiger partial charge in [-0.2, -0.15) is 9.61 Å². The number of carbonyl (C=O) groups excluding carboxylic acids is 1. The Bertz CT molecular complexity index is 1150. The summed E-state index contributed by atoms with van der Waals surface area (Å²) in [7, 11) is 0. The van der Waals surface area contributed by atoms with E-state index in [4.69, 9.17) is 9.47 Å². The first-order valence-electron chi connectivity index (χ1n) is 9.82. The molecule has 1 atom stereocenters. The Morgan fingerprint density at radius 3 is 2.90 bits per heavy atom. The van der Waals surface area contributed by atoms with E-state index in [-0.39, 0.29) is 11.5 Å². The van der Waals surface area contributed by atoms with Gasteiger partial charge in [-0.15, -0.1) is 0 Å². The van der Waals surface area contributed by atoms with Crippen molar-refractivity contribution in [2.24, 2.45) is 0 Å². The SMILES string of the molecule is Cc1cc(=O)n2nc(CN3CC(C(=O)N4CCOCC4)Oc4ccccc43)sc2n1. The van der Waals surface area contributed by atoms with E-state index in [1.165, 1.54) is 21.9 Å². The Hall–Kier alpha value is -2.98. The molecule has 30 heavy (non-hydrogen) atoms. The van der Waals surface area contributed by atoms with Gasteiger partial charge in [0.1, 0.15) is 10.8 Å². The number of amides is 1. The number of hydrogen-bond donors (Lipinski definition) is 0. The first-order chi connectivity index (χ1) is 14.6. The molecule has 1 aromatic carbocycles. The number of aromatic nitrogens is 3. The van der Waals surface area contributed by atoms with Crippen molar-refractivity contribution in [3.63, 3.8) is 0 Å². The number of ether oxygens (including phenoxy) is 2. The van der Waals surface area contributed by atoms with Crippen LogP contribution in [0.2, 0.25) is 0 Å². The second-order valence-corrected chi connectivity index (χ2v) is 8.36. The van der Waals surface area contributed by atoms with Crippen LogP contribution in [-0.2, 0) is 16.1 Å². The molecule has 0 N–H and O–H groups in total. The zero-order valence-corrected chi connectivity index (χ0v) is 17.3. The van der Waals surface area contributed by atoms with Crippen molar-refractivity contribution < 1.29 is 14.3 Å². The molecule has 1 amide bonds. The van der Waals surface area contributed by atoms with Gasteiger partial charge in [0.25, 0.3) is 11.5 Å². The molecule has 0 spiro atoms. The van der Waals surface area contributed by atoms with Crippen molar-refractivity contribution in [1.29, 1.82) is 0 Å². The molecule has 2 aromatic heterocycles. The Morgan fingerprint density at radius 2 is 2.07 bits per heavy atom. The summed E-state index contributed by atoms with van der Waals surface area (Å²) in [6, 6.07) is 9.13. The molecule has 156 valence electrons. The minimum absolute atomic E-state index is 0.0318. The average Bonchev–Trinajstić information content (AvgIpc) is 3.16. The smallest absolute Gasteiger partial charge is 0.275 e. The minimum Gasteiger partial charge on any atom is -0.477 e. The van der Waals surface area contributed by atoms with E-state index in [9.17, 15) is 9.59 Å². The van der Waals surface area contributed by atoms with Crippen LogP contribution in [0.25, 0.3) is 4.96 Å². The standard InChI is InChI=1S/C20H21N5O4S/c1-13-10-18(26)25-20(21-13)30-17(22-25)12-24-11-16(19(27)23-6-8-28-9-7-23)29-15-5-3-2-4-14(15)24/h2-5,10,16H,6-9,11-12H2,1H3. The number of anilines is 1. The first kappa shape index (κ1) is 19.0. The minimum atomic E-state index is -0.601. The molecular weight excluding hydrogens is 406 g/mol. The molecule has 9 nitrogen and oxygen atoms in total. The quantitative estimate of drug-likeness (QED) is 0.618. The molecule has 2 aliphatic heterocycles. The van der Waals surface area contributed by atoms with Gasteiger partial charge in [-0.05, 0) is 19.1 Å². The second kappa shape index (κ2) is 7.69. The normalized spacial score (nSPS) is 18.9. The number of fused-ring (bicyclic) bond motifs is 2. The Labute approximate surface area is 176 Å². The van der Waals surface area contributed by atoms with Crippen LogP contribution < -0.4 is 15.2 Å². The number of para-hydroxylation sites is 2. The molecule has 3 aromatic rings. The number of rotatable bonds is 3. The lowest BCUT2D eigenvalue weighted by molar-refractivity contribution is -0.142. The summed E-state index contributed by atoms with van der Waals surface area (Å²) in [6.07, 6.45) is -0.601. The molecule has 5 rings (SSSR count). The van der Waals surface area contributed by atoms with Crippen LogP contribution in [0.5, 0.6) is 5.75 Å². The Balaban J connectivity index is 1.44. The van der Waals surface area contributed by atoms with Gasteiger partial charge in [0.15, 0.2) is 6.10 Å². The predicted octanol–water partition coefficient (Wildman–Crippen LogP) is 1.09.